The molecule has 0 amide bonds. The number of fused-ring (bicyclic) bond motifs is 2. The van der Waals surface area contributed by atoms with E-state index in [2.05, 4.69) is 0 Å². The summed E-state index contributed by atoms with van der Waals surface area (Å²) in [6.07, 6.45) is 0. The molecule has 21 heavy (non-hydrogen) atoms. The highest BCUT2D eigenvalue weighted by Crippen LogP contribution is 2.36. The van der Waals surface area contributed by atoms with E-state index in [0.717, 1.165) is 12.1 Å². The second-order valence-corrected chi connectivity index (χ2v) is 5.90. The molecular formula is C14H8O6S. The molecule has 0 atom stereocenters. The summed E-state index contributed by atoms with van der Waals surface area (Å²) >= 11 is 0. The minimum atomic E-state index is -4.70. The number of aromatic hydroxyl groups is 1. The third-order valence-corrected chi connectivity index (χ3v) is 4.19. The average molecular weight is 304 g/mol. The van der Waals surface area contributed by atoms with E-state index >= 15 is 0 Å². The molecule has 2 N–H and O–H groups in total. The van der Waals surface area contributed by atoms with Crippen LogP contribution in [0.15, 0.2) is 41.3 Å². The lowest BCUT2D eigenvalue weighted by molar-refractivity contribution is 0.0974. The summed E-state index contributed by atoms with van der Waals surface area (Å²) in [5.41, 5.74) is -0.793. The Morgan fingerprint density at radius 2 is 1.33 bits per heavy atom. The van der Waals surface area contributed by atoms with Gasteiger partial charge < -0.3 is 5.11 Å². The third-order valence-electron chi connectivity index (χ3n) is 3.29. The van der Waals surface area contributed by atoms with Crippen molar-refractivity contribution < 1.29 is 27.7 Å². The number of carbonyl (C=O) groups is 2. The van der Waals surface area contributed by atoms with Gasteiger partial charge in [0, 0.05) is 11.1 Å². The minimum Gasteiger partial charge on any atom is -0.507 e. The second kappa shape index (κ2) is 4.24. The standard InChI is InChI=1S/C14H8O6S/c15-9-5-6-10(21(18,19)20)12-11(9)13(16)7-3-1-2-4-8(7)14(12)17/h1-6,15H,(H,18,19,20). The van der Waals surface area contributed by atoms with E-state index in [1.54, 1.807) is 6.07 Å². The molecular weight excluding hydrogens is 296 g/mol. The zero-order valence-electron chi connectivity index (χ0n) is 10.4. The first-order valence-electron chi connectivity index (χ1n) is 5.84. The van der Waals surface area contributed by atoms with Crippen molar-refractivity contribution in [1.82, 2.24) is 0 Å². The maximum atomic E-state index is 12.4. The van der Waals surface area contributed by atoms with Gasteiger partial charge in [0.1, 0.15) is 10.6 Å². The van der Waals surface area contributed by atoms with E-state index in [4.69, 9.17) is 0 Å². The van der Waals surface area contributed by atoms with Crippen molar-refractivity contribution in [3.05, 3.63) is 58.7 Å². The lowest BCUT2D eigenvalue weighted by Crippen LogP contribution is -2.23. The molecule has 0 aromatic heterocycles. The van der Waals surface area contributed by atoms with Gasteiger partial charge in [-0.1, -0.05) is 24.3 Å². The van der Waals surface area contributed by atoms with Crippen LogP contribution < -0.4 is 0 Å². The van der Waals surface area contributed by atoms with E-state index in [0.29, 0.717) is 0 Å². The highest BCUT2D eigenvalue weighted by atomic mass is 32.2. The fourth-order valence-corrected chi connectivity index (χ4v) is 3.08. The number of hydrogen-bond donors (Lipinski definition) is 2. The van der Waals surface area contributed by atoms with E-state index in [-0.39, 0.29) is 11.1 Å². The summed E-state index contributed by atoms with van der Waals surface area (Å²) in [6, 6.07) is 7.74. The number of benzene rings is 2. The third kappa shape index (κ3) is 1.86. The van der Waals surface area contributed by atoms with Gasteiger partial charge in [-0.2, -0.15) is 8.42 Å². The first kappa shape index (κ1) is 13.5. The Bertz CT molecular complexity index is 911. The van der Waals surface area contributed by atoms with Crippen molar-refractivity contribution in [2.75, 3.05) is 0 Å². The van der Waals surface area contributed by atoms with Crippen LogP contribution in [0.4, 0.5) is 0 Å². The summed E-state index contributed by atoms with van der Waals surface area (Å²) in [4.78, 5) is 24.1. The van der Waals surface area contributed by atoms with E-state index in [9.17, 15) is 27.7 Å². The van der Waals surface area contributed by atoms with E-state index in [1.807, 2.05) is 0 Å². The largest absolute Gasteiger partial charge is 0.507 e. The van der Waals surface area contributed by atoms with E-state index < -0.39 is 43.5 Å². The Labute approximate surface area is 119 Å². The monoisotopic (exact) mass is 304 g/mol. The molecule has 2 aromatic carbocycles. The fourth-order valence-electron chi connectivity index (χ4n) is 2.39. The van der Waals surface area contributed by atoms with Crippen LogP contribution in [0.3, 0.4) is 0 Å². The smallest absolute Gasteiger partial charge is 0.295 e. The summed E-state index contributed by atoms with van der Waals surface area (Å²) in [5.74, 6) is -1.91. The van der Waals surface area contributed by atoms with Crippen LogP contribution in [0.1, 0.15) is 31.8 Å². The van der Waals surface area contributed by atoms with Crippen LogP contribution in [0.5, 0.6) is 5.75 Å². The van der Waals surface area contributed by atoms with Gasteiger partial charge in [-0.15, -0.1) is 0 Å². The van der Waals surface area contributed by atoms with Crippen LogP contribution in [0.25, 0.3) is 0 Å². The molecule has 0 unspecified atom stereocenters. The number of phenolic OH excluding ortho intramolecular Hbond substituents is 1. The maximum Gasteiger partial charge on any atom is 0.295 e. The van der Waals surface area contributed by atoms with E-state index in [1.165, 1.54) is 18.2 Å². The first-order valence-corrected chi connectivity index (χ1v) is 7.28. The normalized spacial score (nSPS) is 13.8. The van der Waals surface area contributed by atoms with Crippen molar-refractivity contribution in [1.29, 1.82) is 0 Å². The molecule has 0 spiro atoms. The van der Waals surface area contributed by atoms with Gasteiger partial charge in [0.15, 0.2) is 11.6 Å². The molecule has 1 aliphatic carbocycles. The zero-order valence-corrected chi connectivity index (χ0v) is 11.2. The molecule has 1 aliphatic rings. The van der Waals surface area contributed by atoms with Crippen LogP contribution in [-0.2, 0) is 10.1 Å². The van der Waals surface area contributed by atoms with Crippen molar-refractivity contribution in [2.45, 2.75) is 4.90 Å². The van der Waals surface area contributed by atoms with Gasteiger partial charge in [0.2, 0.25) is 0 Å². The number of hydrogen-bond acceptors (Lipinski definition) is 5. The molecule has 0 radical (unpaired) electrons. The number of ketones is 2. The van der Waals surface area contributed by atoms with Crippen LogP contribution >= 0.6 is 0 Å². The molecule has 0 aliphatic heterocycles. The molecule has 0 fully saturated rings. The Balaban J connectivity index is 2.46. The molecule has 3 rings (SSSR count). The molecule has 0 saturated heterocycles. The lowest BCUT2D eigenvalue weighted by atomic mass is 9.83. The quantitative estimate of drug-likeness (QED) is 0.658. The summed E-state index contributed by atoms with van der Waals surface area (Å²) in [7, 11) is -4.70. The number of phenols is 1. The van der Waals surface area contributed by atoms with Gasteiger partial charge in [-0.05, 0) is 12.1 Å². The molecule has 0 bridgehead atoms. The predicted octanol–water partition coefficient (Wildman–Crippen LogP) is 1.41. The van der Waals surface area contributed by atoms with Crippen molar-refractivity contribution >= 4 is 21.7 Å². The molecule has 2 aromatic rings. The van der Waals surface area contributed by atoms with Crippen LogP contribution in [0, 0.1) is 0 Å². The number of carbonyl (C=O) groups excluding carboxylic acids is 2. The molecule has 0 saturated carbocycles. The Morgan fingerprint density at radius 3 is 1.86 bits per heavy atom. The first-order chi connectivity index (χ1) is 9.82. The lowest BCUT2D eigenvalue weighted by Gasteiger charge is -2.19. The van der Waals surface area contributed by atoms with Gasteiger partial charge in [-0.3, -0.25) is 14.1 Å². The Morgan fingerprint density at radius 1 is 0.810 bits per heavy atom. The average Bonchev–Trinajstić information content (AvgIpc) is 2.43. The maximum absolute atomic E-state index is 12.4. The summed E-state index contributed by atoms with van der Waals surface area (Å²) < 4.78 is 32.0. The van der Waals surface area contributed by atoms with Gasteiger partial charge in [0.05, 0.1) is 11.1 Å². The summed E-state index contributed by atoms with van der Waals surface area (Å²) in [5, 5.41) is 9.81. The zero-order chi connectivity index (χ0) is 15.4. The van der Waals surface area contributed by atoms with Gasteiger partial charge in [0.25, 0.3) is 10.1 Å². The molecule has 7 heteroatoms. The van der Waals surface area contributed by atoms with Crippen LogP contribution in [0.2, 0.25) is 0 Å². The molecule has 106 valence electrons. The van der Waals surface area contributed by atoms with Crippen molar-refractivity contribution in [2.24, 2.45) is 0 Å². The predicted molar refractivity (Wildman–Crippen MR) is 71.2 cm³/mol. The SMILES string of the molecule is O=C1c2ccccc2C(=O)c2c(S(=O)(=O)O)ccc(O)c21. The van der Waals surface area contributed by atoms with Crippen molar-refractivity contribution in [3.63, 3.8) is 0 Å². The topological polar surface area (TPSA) is 109 Å². The summed E-state index contributed by atoms with van der Waals surface area (Å²) in [6.45, 7) is 0. The number of rotatable bonds is 1. The Kier molecular flexibility index (Phi) is 2.72. The van der Waals surface area contributed by atoms with Gasteiger partial charge >= 0.3 is 0 Å². The minimum absolute atomic E-state index is 0.0329. The highest BCUT2D eigenvalue weighted by molar-refractivity contribution is 7.86. The highest BCUT2D eigenvalue weighted by Gasteiger charge is 2.36. The molecule has 0 heterocycles. The Hall–Kier alpha value is -2.51. The van der Waals surface area contributed by atoms with Crippen molar-refractivity contribution in [3.8, 4) is 5.75 Å². The second-order valence-electron chi connectivity index (χ2n) is 4.51. The van der Waals surface area contributed by atoms with Crippen LogP contribution in [-0.4, -0.2) is 29.6 Å². The fraction of sp³-hybridized carbons (Fsp3) is 0. The molecule has 6 nitrogen and oxygen atoms in total. The van der Waals surface area contributed by atoms with Gasteiger partial charge in [-0.25, -0.2) is 0 Å².